The topological polar surface area (TPSA) is 54.5 Å². The first kappa shape index (κ1) is 15.8. The average Bonchev–Trinajstić information content (AvgIpc) is 2.95. The van der Waals surface area contributed by atoms with Gasteiger partial charge in [-0.2, -0.15) is 18.3 Å². The zero-order chi connectivity index (χ0) is 16.6. The second-order valence-electron chi connectivity index (χ2n) is 4.52. The Hall–Kier alpha value is -2.12. The molecule has 0 saturated carbocycles. The van der Waals surface area contributed by atoms with E-state index in [9.17, 15) is 13.2 Å². The highest BCUT2D eigenvalue weighted by atomic mass is 35.5. The van der Waals surface area contributed by atoms with Crippen LogP contribution in [0.5, 0.6) is 0 Å². The number of aromatic amines is 1. The molecule has 0 unspecified atom stereocenters. The molecule has 2 aromatic heterocycles. The van der Waals surface area contributed by atoms with Crippen molar-refractivity contribution in [2.24, 2.45) is 0 Å². The van der Waals surface area contributed by atoms with Gasteiger partial charge in [-0.05, 0) is 18.2 Å². The highest BCUT2D eigenvalue weighted by Gasteiger charge is 2.34. The van der Waals surface area contributed by atoms with Gasteiger partial charge in [-0.25, -0.2) is 4.98 Å². The first-order chi connectivity index (χ1) is 10.9. The lowest BCUT2D eigenvalue weighted by Gasteiger charge is -2.09. The predicted molar refractivity (Wildman–Crippen MR) is 80.1 cm³/mol. The van der Waals surface area contributed by atoms with E-state index in [0.29, 0.717) is 15.6 Å². The van der Waals surface area contributed by atoms with Crippen LogP contribution in [0, 0.1) is 0 Å². The quantitative estimate of drug-likeness (QED) is 0.711. The molecular formula is C14H7Cl2F3N4. The molecule has 0 aliphatic carbocycles. The number of alkyl halides is 3. The Labute approximate surface area is 138 Å². The second-order valence-corrected chi connectivity index (χ2v) is 5.34. The van der Waals surface area contributed by atoms with Crippen molar-refractivity contribution in [2.45, 2.75) is 6.18 Å². The fourth-order valence-corrected chi connectivity index (χ4v) is 2.61. The molecule has 0 aliphatic rings. The summed E-state index contributed by atoms with van der Waals surface area (Å²) >= 11 is 12.1. The molecule has 0 saturated heterocycles. The molecule has 2 heterocycles. The van der Waals surface area contributed by atoms with Crippen molar-refractivity contribution < 1.29 is 13.2 Å². The number of nitrogens with one attached hydrogen (secondary N) is 1. The molecule has 1 aromatic carbocycles. The summed E-state index contributed by atoms with van der Waals surface area (Å²) in [4.78, 5) is 7.78. The average molecular weight is 359 g/mol. The maximum absolute atomic E-state index is 13.1. The van der Waals surface area contributed by atoms with Crippen molar-refractivity contribution in [3.05, 3.63) is 52.3 Å². The van der Waals surface area contributed by atoms with E-state index < -0.39 is 11.7 Å². The summed E-state index contributed by atoms with van der Waals surface area (Å²) in [6, 6.07) is 5.70. The van der Waals surface area contributed by atoms with Gasteiger partial charge in [0.2, 0.25) is 0 Å². The monoisotopic (exact) mass is 358 g/mol. The maximum atomic E-state index is 13.1. The molecule has 0 atom stereocenters. The highest BCUT2D eigenvalue weighted by molar-refractivity contribution is 6.38. The highest BCUT2D eigenvalue weighted by Crippen LogP contribution is 2.37. The lowest BCUT2D eigenvalue weighted by Crippen LogP contribution is -2.07. The van der Waals surface area contributed by atoms with Crippen LogP contribution in [-0.2, 0) is 6.18 Å². The van der Waals surface area contributed by atoms with Gasteiger partial charge in [0.25, 0.3) is 0 Å². The van der Waals surface area contributed by atoms with Gasteiger partial charge in [0.05, 0.1) is 26.7 Å². The number of nitrogens with zero attached hydrogens (tertiary/aromatic N) is 3. The summed E-state index contributed by atoms with van der Waals surface area (Å²) in [6.07, 6.45) is -2.42. The third kappa shape index (κ3) is 3.02. The van der Waals surface area contributed by atoms with Crippen LogP contribution in [0.25, 0.3) is 22.8 Å². The van der Waals surface area contributed by atoms with Crippen molar-refractivity contribution in [3.63, 3.8) is 0 Å². The minimum absolute atomic E-state index is 0.142. The maximum Gasteiger partial charge on any atom is 0.417 e. The van der Waals surface area contributed by atoms with Crippen molar-refractivity contribution in [3.8, 4) is 22.8 Å². The summed E-state index contributed by atoms with van der Waals surface area (Å²) in [5.74, 6) is 0.0315. The second kappa shape index (κ2) is 5.82. The van der Waals surface area contributed by atoms with Crippen molar-refractivity contribution >= 4 is 23.2 Å². The number of aromatic nitrogens is 4. The van der Waals surface area contributed by atoms with E-state index in [1.807, 2.05) is 0 Å². The van der Waals surface area contributed by atoms with Crippen LogP contribution in [0.1, 0.15) is 5.56 Å². The van der Waals surface area contributed by atoms with Gasteiger partial charge in [-0.3, -0.25) is 10.1 Å². The SMILES string of the molecule is FC(F)(F)c1ccncc1-c1n[nH]c(-c2c(Cl)cccc2Cl)n1. The standard InChI is InChI=1S/C14H7Cl2F3N4/c15-9-2-1-3-10(16)11(9)13-21-12(22-23-13)7-6-20-5-4-8(7)14(17,18)19/h1-6H,(H,21,22,23). The zero-order valence-electron chi connectivity index (χ0n) is 11.2. The number of H-pyrrole nitrogens is 1. The molecule has 0 radical (unpaired) electrons. The van der Waals surface area contributed by atoms with Crippen LogP contribution in [0.4, 0.5) is 13.2 Å². The van der Waals surface area contributed by atoms with Crippen LogP contribution in [-0.4, -0.2) is 20.2 Å². The molecule has 23 heavy (non-hydrogen) atoms. The van der Waals surface area contributed by atoms with E-state index in [1.54, 1.807) is 18.2 Å². The van der Waals surface area contributed by atoms with Crippen molar-refractivity contribution in [1.82, 2.24) is 20.2 Å². The Balaban J connectivity index is 2.11. The molecule has 0 amide bonds. The van der Waals surface area contributed by atoms with Crippen molar-refractivity contribution in [1.29, 1.82) is 0 Å². The van der Waals surface area contributed by atoms with E-state index in [0.717, 1.165) is 18.5 Å². The first-order valence-corrected chi connectivity index (χ1v) is 7.02. The van der Waals surface area contributed by atoms with Gasteiger partial charge in [0.1, 0.15) is 0 Å². The smallest absolute Gasteiger partial charge is 0.264 e. The van der Waals surface area contributed by atoms with Crippen molar-refractivity contribution in [2.75, 3.05) is 0 Å². The Morgan fingerprint density at radius 3 is 2.39 bits per heavy atom. The van der Waals surface area contributed by atoms with Crippen LogP contribution < -0.4 is 0 Å². The fourth-order valence-electron chi connectivity index (χ4n) is 2.04. The zero-order valence-corrected chi connectivity index (χ0v) is 12.7. The Morgan fingerprint density at radius 2 is 1.74 bits per heavy atom. The van der Waals surface area contributed by atoms with Crippen LogP contribution in [0.15, 0.2) is 36.7 Å². The van der Waals surface area contributed by atoms with Crippen LogP contribution in [0.2, 0.25) is 10.0 Å². The lowest BCUT2D eigenvalue weighted by molar-refractivity contribution is -0.137. The normalized spacial score (nSPS) is 11.7. The Kier molecular flexibility index (Phi) is 3.99. The van der Waals surface area contributed by atoms with E-state index in [-0.39, 0.29) is 17.2 Å². The molecule has 118 valence electrons. The van der Waals surface area contributed by atoms with Crippen LogP contribution >= 0.6 is 23.2 Å². The molecule has 3 aromatic rings. The summed E-state index contributed by atoms with van der Waals surface area (Å²) in [6.45, 7) is 0. The number of halogens is 5. The summed E-state index contributed by atoms with van der Waals surface area (Å²) in [7, 11) is 0. The molecule has 9 heteroatoms. The molecule has 3 rings (SSSR count). The minimum atomic E-state index is -4.54. The number of pyridine rings is 1. The minimum Gasteiger partial charge on any atom is -0.264 e. The van der Waals surface area contributed by atoms with Gasteiger partial charge in [0, 0.05) is 12.4 Å². The number of benzene rings is 1. The Morgan fingerprint density at radius 1 is 1.04 bits per heavy atom. The fraction of sp³-hybridized carbons (Fsp3) is 0.0714. The number of hydrogen-bond acceptors (Lipinski definition) is 3. The van der Waals surface area contributed by atoms with Gasteiger partial charge in [0.15, 0.2) is 11.6 Å². The number of rotatable bonds is 2. The predicted octanol–water partition coefficient (Wildman–Crippen LogP) is 4.86. The Bertz CT molecular complexity index is 841. The third-order valence-corrected chi connectivity index (χ3v) is 3.68. The first-order valence-electron chi connectivity index (χ1n) is 6.26. The van der Waals surface area contributed by atoms with Gasteiger partial charge >= 0.3 is 6.18 Å². The molecule has 0 aliphatic heterocycles. The molecular weight excluding hydrogens is 352 g/mol. The molecule has 0 fully saturated rings. The van der Waals surface area contributed by atoms with Gasteiger partial charge < -0.3 is 0 Å². The molecule has 0 bridgehead atoms. The summed E-state index contributed by atoms with van der Waals surface area (Å²) in [5, 5.41) is 7.00. The van der Waals surface area contributed by atoms with Gasteiger partial charge in [-0.1, -0.05) is 29.3 Å². The number of hydrogen-bond donors (Lipinski definition) is 1. The van der Waals surface area contributed by atoms with Crippen LogP contribution in [0.3, 0.4) is 0 Å². The van der Waals surface area contributed by atoms with E-state index in [4.69, 9.17) is 23.2 Å². The molecule has 4 nitrogen and oxygen atoms in total. The third-order valence-electron chi connectivity index (χ3n) is 3.05. The largest absolute Gasteiger partial charge is 0.417 e. The van der Waals surface area contributed by atoms with E-state index in [1.165, 1.54) is 0 Å². The lowest BCUT2D eigenvalue weighted by atomic mass is 10.1. The summed E-state index contributed by atoms with van der Waals surface area (Å²) in [5.41, 5.74) is -0.735. The molecule has 0 spiro atoms. The van der Waals surface area contributed by atoms with E-state index >= 15 is 0 Å². The van der Waals surface area contributed by atoms with E-state index in [2.05, 4.69) is 20.2 Å². The summed E-state index contributed by atoms with van der Waals surface area (Å²) < 4.78 is 39.2. The van der Waals surface area contributed by atoms with Gasteiger partial charge in [-0.15, -0.1) is 0 Å². The molecule has 1 N–H and O–H groups in total.